The first-order valence-electron chi connectivity index (χ1n) is 3.89. The molecule has 2 unspecified atom stereocenters. The van der Waals surface area contributed by atoms with Gasteiger partial charge in [-0.25, -0.2) is 0 Å². The van der Waals surface area contributed by atoms with Crippen LogP contribution in [0.25, 0.3) is 0 Å². The number of hydrogen-bond donors (Lipinski definition) is 0. The van der Waals surface area contributed by atoms with Gasteiger partial charge in [0.25, 0.3) is 0 Å². The first-order chi connectivity index (χ1) is 4.95. The summed E-state index contributed by atoms with van der Waals surface area (Å²) in [5.41, 5.74) is 2.90. The Balaban J connectivity index is 2.22. The quantitative estimate of drug-likeness (QED) is 0.522. The molecule has 0 spiro atoms. The largest absolute Gasteiger partial charge is 0.261 e. The zero-order valence-electron chi connectivity index (χ0n) is 5.75. The lowest BCUT2D eigenvalue weighted by Gasteiger charge is -1.97. The van der Waals surface area contributed by atoms with E-state index in [0.29, 0.717) is 0 Å². The van der Waals surface area contributed by atoms with Gasteiger partial charge in [0.1, 0.15) is 0 Å². The third-order valence-electron chi connectivity index (χ3n) is 2.70. The fourth-order valence-corrected chi connectivity index (χ4v) is 2.06. The zero-order valence-corrected chi connectivity index (χ0v) is 5.75. The van der Waals surface area contributed by atoms with Crippen molar-refractivity contribution in [3.05, 3.63) is 29.6 Å². The van der Waals surface area contributed by atoms with Crippen molar-refractivity contribution in [3.8, 4) is 0 Å². The van der Waals surface area contributed by atoms with Crippen LogP contribution in [0.2, 0.25) is 0 Å². The molecule has 2 aliphatic carbocycles. The fourth-order valence-electron chi connectivity index (χ4n) is 2.06. The average Bonchev–Trinajstić information content (AvgIpc) is 2.64. The van der Waals surface area contributed by atoms with Crippen LogP contribution in [0.4, 0.5) is 0 Å². The van der Waals surface area contributed by atoms with E-state index in [1.165, 1.54) is 24.1 Å². The molecule has 1 aromatic heterocycles. The Morgan fingerprint density at radius 2 is 2.50 bits per heavy atom. The highest BCUT2D eigenvalue weighted by Crippen LogP contribution is 2.55. The minimum atomic E-state index is 0.906. The predicted octanol–water partition coefficient (Wildman–Crippen LogP) is 1.74. The van der Waals surface area contributed by atoms with Crippen LogP contribution in [-0.4, -0.2) is 4.98 Å². The standard InChI is InChI=1S/C9H9N/c1-2-7-8-4-6(8)5-9(7)10-3-1/h1-3,6,8H,4-5H2. The van der Waals surface area contributed by atoms with Gasteiger partial charge >= 0.3 is 0 Å². The van der Waals surface area contributed by atoms with Crippen LogP contribution in [0.15, 0.2) is 18.3 Å². The summed E-state index contributed by atoms with van der Waals surface area (Å²) in [5.74, 6) is 1.88. The van der Waals surface area contributed by atoms with E-state index in [1.54, 1.807) is 0 Å². The summed E-state index contributed by atoms with van der Waals surface area (Å²) in [6.45, 7) is 0. The first kappa shape index (κ1) is 4.89. The van der Waals surface area contributed by atoms with Gasteiger partial charge in [-0.1, -0.05) is 6.07 Å². The molecule has 1 saturated carbocycles. The van der Waals surface area contributed by atoms with Crippen LogP contribution < -0.4 is 0 Å². The van der Waals surface area contributed by atoms with Gasteiger partial charge in [-0.3, -0.25) is 4.98 Å². The first-order valence-corrected chi connectivity index (χ1v) is 3.89. The molecule has 0 saturated heterocycles. The van der Waals surface area contributed by atoms with Crippen LogP contribution >= 0.6 is 0 Å². The zero-order chi connectivity index (χ0) is 6.55. The van der Waals surface area contributed by atoms with Crippen molar-refractivity contribution in [1.29, 1.82) is 0 Å². The van der Waals surface area contributed by atoms with E-state index >= 15 is 0 Å². The summed E-state index contributed by atoms with van der Waals surface area (Å²) >= 11 is 0. The van der Waals surface area contributed by atoms with Gasteiger partial charge in [0.2, 0.25) is 0 Å². The Hall–Kier alpha value is -0.850. The molecule has 2 aliphatic rings. The Morgan fingerprint density at radius 3 is 3.40 bits per heavy atom. The van der Waals surface area contributed by atoms with Crippen LogP contribution in [0.3, 0.4) is 0 Å². The lowest BCUT2D eigenvalue weighted by molar-refractivity contribution is 0.836. The predicted molar refractivity (Wildman–Crippen MR) is 38.8 cm³/mol. The highest BCUT2D eigenvalue weighted by Gasteiger charge is 2.45. The maximum atomic E-state index is 4.34. The summed E-state index contributed by atoms with van der Waals surface area (Å²) < 4.78 is 0. The maximum absolute atomic E-state index is 4.34. The summed E-state index contributed by atoms with van der Waals surface area (Å²) in [6.07, 6.45) is 4.59. The third-order valence-corrected chi connectivity index (χ3v) is 2.70. The molecule has 1 fully saturated rings. The second kappa shape index (κ2) is 1.42. The summed E-state index contributed by atoms with van der Waals surface area (Å²) in [6, 6.07) is 4.29. The molecule has 0 N–H and O–H groups in total. The average molecular weight is 131 g/mol. The second-order valence-electron chi connectivity index (χ2n) is 3.35. The lowest BCUT2D eigenvalue weighted by atomic mass is 10.1. The fraction of sp³-hybridized carbons (Fsp3) is 0.444. The molecule has 0 bridgehead atoms. The van der Waals surface area contributed by atoms with Crippen molar-refractivity contribution in [2.24, 2.45) is 5.92 Å². The molecule has 1 aromatic rings. The van der Waals surface area contributed by atoms with Crippen molar-refractivity contribution in [2.75, 3.05) is 0 Å². The molecule has 0 radical (unpaired) electrons. The number of nitrogens with zero attached hydrogens (tertiary/aromatic N) is 1. The molecule has 0 aromatic carbocycles. The van der Waals surface area contributed by atoms with Gasteiger partial charge in [0, 0.05) is 11.9 Å². The molecule has 0 aliphatic heterocycles. The van der Waals surface area contributed by atoms with E-state index in [-0.39, 0.29) is 0 Å². The van der Waals surface area contributed by atoms with E-state index in [0.717, 1.165) is 11.8 Å². The summed E-state index contributed by atoms with van der Waals surface area (Å²) in [4.78, 5) is 4.34. The number of aromatic nitrogens is 1. The number of hydrogen-bond acceptors (Lipinski definition) is 1. The smallest absolute Gasteiger partial charge is 0.0441 e. The van der Waals surface area contributed by atoms with Gasteiger partial charge in [0.05, 0.1) is 0 Å². The normalized spacial score (nSPS) is 33.2. The maximum Gasteiger partial charge on any atom is 0.0441 e. The van der Waals surface area contributed by atoms with Crippen LogP contribution in [0, 0.1) is 5.92 Å². The van der Waals surface area contributed by atoms with Crippen molar-refractivity contribution in [3.63, 3.8) is 0 Å². The molecule has 0 amide bonds. The Labute approximate surface area is 60.1 Å². The van der Waals surface area contributed by atoms with E-state index < -0.39 is 0 Å². The Morgan fingerprint density at radius 1 is 1.50 bits per heavy atom. The minimum Gasteiger partial charge on any atom is -0.261 e. The molecule has 1 nitrogen and oxygen atoms in total. The van der Waals surface area contributed by atoms with Gasteiger partial charge in [0.15, 0.2) is 0 Å². The van der Waals surface area contributed by atoms with Crippen molar-refractivity contribution < 1.29 is 0 Å². The topological polar surface area (TPSA) is 12.9 Å². The monoisotopic (exact) mass is 131 g/mol. The molecule has 1 heteroatoms. The van der Waals surface area contributed by atoms with Crippen LogP contribution in [0.1, 0.15) is 23.6 Å². The van der Waals surface area contributed by atoms with E-state index in [2.05, 4.69) is 17.1 Å². The highest BCUT2D eigenvalue weighted by molar-refractivity contribution is 5.36. The van der Waals surface area contributed by atoms with Gasteiger partial charge < -0.3 is 0 Å². The van der Waals surface area contributed by atoms with Crippen molar-refractivity contribution in [2.45, 2.75) is 18.8 Å². The Kier molecular flexibility index (Phi) is 0.693. The van der Waals surface area contributed by atoms with Crippen molar-refractivity contribution >= 4 is 0 Å². The van der Waals surface area contributed by atoms with Crippen LogP contribution in [-0.2, 0) is 6.42 Å². The lowest BCUT2D eigenvalue weighted by Crippen LogP contribution is -1.88. The molecular formula is C9H9N. The van der Waals surface area contributed by atoms with Crippen LogP contribution in [0.5, 0.6) is 0 Å². The minimum absolute atomic E-state index is 0.906. The summed E-state index contributed by atoms with van der Waals surface area (Å²) in [5, 5.41) is 0. The molecule has 2 atom stereocenters. The van der Waals surface area contributed by atoms with E-state index in [4.69, 9.17) is 0 Å². The number of pyridine rings is 1. The van der Waals surface area contributed by atoms with Crippen molar-refractivity contribution in [1.82, 2.24) is 4.98 Å². The van der Waals surface area contributed by atoms with E-state index in [1.807, 2.05) is 6.20 Å². The summed E-state index contributed by atoms with van der Waals surface area (Å²) in [7, 11) is 0. The molecule has 3 rings (SSSR count). The molecule has 10 heavy (non-hydrogen) atoms. The molecular weight excluding hydrogens is 122 g/mol. The number of fused-ring (bicyclic) bond motifs is 3. The number of rotatable bonds is 0. The highest BCUT2D eigenvalue weighted by atomic mass is 14.7. The SMILES string of the molecule is c1cnc2c(c1)C1CC1C2. The van der Waals surface area contributed by atoms with E-state index in [9.17, 15) is 0 Å². The molecule has 1 heterocycles. The van der Waals surface area contributed by atoms with Gasteiger partial charge in [-0.15, -0.1) is 0 Å². The molecule has 50 valence electrons. The third kappa shape index (κ3) is 0.464. The van der Waals surface area contributed by atoms with Gasteiger partial charge in [-0.2, -0.15) is 0 Å². The second-order valence-corrected chi connectivity index (χ2v) is 3.35. The van der Waals surface area contributed by atoms with Gasteiger partial charge in [-0.05, 0) is 36.3 Å². The Bertz CT molecular complexity index is 280.